The van der Waals surface area contributed by atoms with Crippen LogP contribution in [0.1, 0.15) is 79.1 Å². The minimum atomic E-state index is -0.0364. The lowest BCUT2D eigenvalue weighted by Crippen LogP contribution is -2.45. The quantitative estimate of drug-likeness (QED) is 0.446. The van der Waals surface area contributed by atoms with Gasteiger partial charge in [0.25, 0.3) is 0 Å². The monoisotopic (exact) mass is 290 g/mol. The summed E-state index contributed by atoms with van der Waals surface area (Å²) in [5, 5.41) is 0. The second-order valence-electron chi connectivity index (χ2n) is 6.36. The molecule has 0 bridgehead atoms. The van der Waals surface area contributed by atoms with Crippen molar-refractivity contribution in [1.29, 1.82) is 0 Å². The van der Waals surface area contributed by atoms with Gasteiger partial charge in [0.05, 0.1) is 0 Å². The Balaban J connectivity index is 2.38. The Kier molecular flexibility index (Phi) is 5.66. The molecule has 0 amide bonds. The lowest BCUT2D eigenvalue weighted by atomic mass is 9.64. The first kappa shape index (κ1) is 16.3. The van der Waals surface area contributed by atoms with Gasteiger partial charge in [-0.1, -0.05) is 59.0 Å². The Morgan fingerprint density at radius 1 is 0.762 bits per heavy atom. The Morgan fingerprint density at radius 2 is 1.29 bits per heavy atom. The van der Waals surface area contributed by atoms with Crippen molar-refractivity contribution in [2.24, 2.45) is 5.92 Å². The van der Waals surface area contributed by atoms with E-state index in [2.05, 4.69) is 27.7 Å². The lowest BCUT2D eigenvalue weighted by molar-refractivity contribution is -0.147. The third-order valence-electron chi connectivity index (χ3n) is 4.74. The van der Waals surface area contributed by atoms with Gasteiger partial charge in [0.15, 0.2) is 0 Å². The maximum absolute atomic E-state index is 12.4. The summed E-state index contributed by atoms with van der Waals surface area (Å²) >= 11 is 0. The molecule has 2 atom stereocenters. The van der Waals surface area contributed by atoms with Crippen molar-refractivity contribution in [1.82, 2.24) is 0 Å². The van der Waals surface area contributed by atoms with Crippen molar-refractivity contribution in [2.45, 2.75) is 85.2 Å². The molecule has 0 saturated heterocycles. The molecule has 21 heavy (non-hydrogen) atoms. The molecule has 1 heterocycles. The van der Waals surface area contributed by atoms with E-state index in [1.54, 1.807) is 5.57 Å². The van der Waals surface area contributed by atoms with Gasteiger partial charge in [-0.25, -0.2) is 4.79 Å². The fraction of sp³-hybridized carbons (Fsp3) is 0.737. The fourth-order valence-corrected chi connectivity index (χ4v) is 3.95. The van der Waals surface area contributed by atoms with E-state index in [0.717, 1.165) is 44.1 Å². The molecule has 0 aromatic heterocycles. The van der Waals surface area contributed by atoms with Gasteiger partial charge in [-0.05, 0) is 36.8 Å². The molecule has 1 aliphatic carbocycles. The van der Waals surface area contributed by atoms with E-state index >= 15 is 0 Å². The molecule has 2 heteroatoms. The number of fused-ring (bicyclic) bond motifs is 1. The smallest absolute Gasteiger partial charge is 0.334 e. The maximum Gasteiger partial charge on any atom is 0.334 e. The van der Waals surface area contributed by atoms with E-state index < -0.39 is 0 Å². The molecule has 0 saturated carbocycles. The SMILES string of the molecule is CCCC1=C(CCC)C2C(CCC)=C(CCC)C2OC1=O. The zero-order valence-corrected chi connectivity index (χ0v) is 14.1. The van der Waals surface area contributed by atoms with E-state index in [4.69, 9.17) is 4.74 Å². The summed E-state index contributed by atoms with van der Waals surface area (Å²) in [5.41, 5.74) is 5.42. The molecule has 0 spiro atoms. The Labute approximate surface area is 129 Å². The number of carbonyl (C=O) groups is 1. The van der Waals surface area contributed by atoms with E-state index in [-0.39, 0.29) is 12.1 Å². The molecule has 2 aliphatic rings. The number of ether oxygens (including phenoxy) is 1. The van der Waals surface area contributed by atoms with Crippen LogP contribution in [-0.2, 0) is 9.53 Å². The number of carbonyl (C=O) groups excluding carboxylic acids is 1. The van der Waals surface area contributed by atoms with Gasteiger partial charge in [0.1, 0.15) is 6.10 Å². The first-order valence-electron chi connectivity index (χ1n) is 8.84. The van der Waals surface area contributed by atoms with Gasteiger partial charge >= 0.3 is 5.97 Å². The van der Waals surface area contributed by atoms with E-state index in [1.165, 1.54) is 24.0 Å². The summed E-state index contributed by atoms with van der Waals surface area (Å²) in [6.45, 7) is 8.80. The summed E-state index contributed by atoms with van der Waals surface area (Å²) in [6, 6.07) is 0. The van der Waals surface area contributed by atoms with Crippen molar-refractivity contribution in [3.8, 4) is 0 Å². The van der Waals surface area contributed by atoms with E-state index in [0.29, 0.717) is 5.92 Å². The Hall–Kier alpha value is -1.05. The number of hydrogen-bond donors (Lipinski definition) is 0. The minimum Gasteiger partial charge on any atom is -0.453 e. The molecule has 2 unspecified atom stereocenters. The van der Waals surface area contributed by atoms with Crippen LogP contribution in [-0.4, -0.2) is 12.1 Å². The lowest BCUT2D eigenvalue weighted by Gasteiger charge is -2.46. The molecule has 0 radical (unpaired) electrons. The van der Waals surface area contributed by atoms with Gasteiger partial charge in [0, 0.05) is 11.5 Å². The van der Waals surface area contributed by atoms with Crippen LogP contribution in [0.5, 0.6) is 0 Å². The van der Waals surface area contributed by atoms with Gasteiger partial charge in [-0.3, -0.25) is 0 Å². The highest BCUT2D eigenvalue weighted by molar-refractivity contribution is 5.91. The van der Waals surface area contributed by atoms with Crippen LogP contribution in [0, 0.1) is 5.92 Å². The topological polar surface area (TPSA) is 26.3 Å². The average Bonchev–Trinajstić information content (AvgIpc) is 2.47. The van der Waals surface area contributed by atoms with Crippen LogP contribution in [0.3, 0.4) is 0 Å². The highest BCUT2D eigenvalue weighted by Gasteiger charge is 2.47. The van der Waals surface area contributed by atoms with Crippen molar-refractivity contribution < 1.29 is 9.53 Å². The minimum absolute atomic E-state index is 0.0364. The van der Waals surface area contributed by atoms with Crippen LogP contribution in [0.4, 0.5) is 0 Å². The molecule has 118 valence electrons. The third kappa shape index (κ3) is 2.95. The van der Waals surface area contributed by atoms with Crippen LogP contribution in [0.2, 0.25) is 0 Å². The van der Waals surface area contributed by atoms with Crippen LogP contribution in [0.25, 0.3) is 0 Å². The Bertz CT molecular complexity index is 456. The molecule has 0 fully saturated rings. The predicted molar refractivity (Wildman–Crippen MR) is 87.1 cm³/mol. The maximum atomic E-state index is 12.4. The number of esters is 1. The molecule has 2 nitrogen and oxygen atoms in total. The van der Waals surface area contributed by atoms with Gasteiger partial charge in [-0.15, -0.1) is 0 Å². The fourth-order valence-electron chi connectivity index (χ4n) is 3.95. The van der Waals surface area contributed by atoms with E-state index in [9.17, 15) is 4.79 Å². The summed E-state index contributed by atoms with van der Waals surface area (Å²) in [5.74, 6) is 0.386. The molecular formula is C19H30O2. The molecular weight excluding hydrogens is 260 g/mol. The summed E-state index contributed by atoms with van der Waals surface area (Å²) in [7, 11) is 0. The second kappa shape index (κ2) is 7.29. The average molecular weight is 290 g/mol. The van der Waals surface area contributed by atoms with Gasteiger partial charge < -0.3 is 4.74 Å². The van der Waals surface area contributed by atoms with E-state index in [1.807, 2.05) is 0 Å². The zero-order chi connectivity index (χ0) is 15.4. The predicted octanol–water partition coefficient (Wildman–Crippen LogP) is 5.34. The third-order valence-corrected chi connectivity index (χ3v) is 4.74. The van der Waals surface area contributed by atoms with Crippen molar-refractivity contribution in [3.05, 3.63) is 22.3 Å². The highest BCUT2D eigenvalue weighted by Crippen LogP contribution is 2.51. The van der Waals surface area contributed by atoms with Crippen molar-refractivity contribution in [3.63, 3.8) is 0 Å². The second-order valence-corrected chi connectivity index (χ2v) is 6.36. The van der Waals surface area contributed by atoms with Crippen LogP contribution >= 0.6 is 0 Å². The number of hydrogen-bond acceptors (Lipinski definition) is 2. The first-order valence-corrected chi connectivity index (χ1v) is 8.84. The molecule has 2 rings (SSSR count). The summed E-state index contributed by atoms with van der Waals surface area (Å²) < 4.78 is 5.81. The zero-order valence-electron chi connectivity index (χ0n) is 14.1. The Morgan fingerprint density at radius 3 is 1.86 bits per heavy atom. The normalized spacial score (nSPS) is 24.9. The molecule has 0 aromatic rings. The van der Waals surface area contributed by atoms with Crippen LogP contribution < -0.4 is 0 Å². The summed E-state index contributed by atoms with van der Waals surface area (Å²) in [4.78, 5) is 12.4. The van der Waals surface area contributed by atoms with Crippen molar-refractivity contribution in [2.75, 3.05) is 0 Å². The standard InChI is InChI=1S/C19H30O2/c1-5-9-13-15(11-7-3)18-17(13)14(10-6-2)16(12-8-4)19(20)21-18/h17-18H,5-12H2,1-4H3. The first-order chi connectivity index (χ1) is 10.2. The molecule has 0 N–H and O–H groups in total. The summed E-state index contributed by atoms with van der Waals surface area (Å²) in [6.07, 6.45) is 8.71. The molecule has 0 aromatic carbocycles. The van der Waals surface area contributed by atoms with Gasteiger partial charge in [-0.2, -0.15) is 0 Å². The largest absolute Gasteiger partial charge is 0.453 e. The van der Waals surface area contributed by atoms with Crippen LogP contribution in [0.15, 0.2) is 22.3 Å². The van der Waals surface area contributed by atoms with Crippen molar-refractivity contribution >= 4 is 5.97 Å². The van der Waals surface area contributed by atoms with Gasteiger partial charge in [0.2, 0.25) is 0 Å². The number of rotatable bonds is 8. The highest BCUT2D eigenvalue weighted by atomic mass is 16.5. The molecule has 1 aliphatic heterocycles.